The van der Waals surface area contributed by atoms with Crippen LogP contribution < -0.4 is 5.73 Å². The molecule has 1 saturated carbocycles. The number of hydrogen-bond acceptors (Lipinski definition) is 3. The lowest BCUT2D eigenvalue weighted by Gasteiger charge is -2.04. The van der Waals surface area contributed by atoms with Gasteiger partial charge in [-0.3, -0.25) is 0 Å². The van der Waals surface area contributed by atoms with Crippen LogP contribution in [0.25, 0.3) is 0 Å². The fourth-order valence-corrected chi connectivity index (χ4v) is 3.20. The second kappa shape index (κ2) is 3.99. The Morgan fingerprint density at radius 1 is 1.57 bits per heavy atom. The predicted octanol–water partition coefficient (Wildman–Crippen LogP) is 3.07. The summed E-state index contributed by atoms with van der Waals surface area (Å²) < 4.78 is 0. The van der Waals surface area contributed by atoms with Gasteiger partial charge in [0.25, 0.3) is 0 Å². The summed E-state index contributed by atoms with van der Waals surface area (Å²) in [7, 11) is 0. The monoisotopic (exact) mass is 210 g/mol. The lowest BCUT2D eigenvalue weighted by molar-refractivity contribution is 0.594. The second-order valence-electron chi connectivity index (χ2n) is 4.51. The molecule has 2 nitrogen and oxygen atoms in total. The Bertz CT molecular complexity index is 306. The minimum absolute atomic E-state index is 0.0822. The molecule has 3 heteroatoms. The van der Waals surface area contributed by atoms with Crippen molar-refractivity contribution >= 4 is 11.3 Å². The van der Waals surface area contributed by atoms with Crippen LogP contribution in [0.1, 0.15) is 55.8 Å². The average molecular weight is 210 g/mol. The summed E-state index contributed by atoms with van der Waals surface area (Å²) >= 11 is 1.79. The van der Waals surface area contributed by atoms with Crippen molar-refractivity contribution in [1.29, 1.82) is 0 Å². The van der Waals surface area contributed by atoms with E-state index in [1.54, 1.807) is 11.3 Å². The van der Waals surface area contributed by atoms with Gasteiger partial charge in [0.15, 0.2) is 0 Å². The van der Waals surface area contributed by atoms with Gasteiger partial charge in [-0.05, 0) is 25.7 Å². The summed E-state index contributed by atoms with van der Waals surface area (Å²) in [5, 5.41) is 3.42. The van der Waals surface area contributed by atoms with E-state index in [0.717, 1.165) is 11.6 Å². The number of hydrogen-bond donors (Lipinski definition) is 1. The molecule has 1 aromatic heterocycles. The Kier molecular flexibility index (Phi) is 2.88. The molecular weight excluding hydrogens is 192 g/mol. The molecule has 0 amide bonds. The van der Waals surface area contributed by atoms with E-state index in [0.29, 0.717) is 5.92 Å². The van der Waals surface area contributed by atoms with Crippen molar-refractivity contribution in [3.63, 3.8) is 0 Å². The van der Waals surface area contributed by atoms with E-state index < -0.39 is 0 Å². The summed E-state index contributed by atoms with van der Waals surface area (Å²) in [5.41, 5.74) is 6.86. The molecule has 2 N–H and O–H groups in total. The fourth-order valence-electron chi connectivity index (χ4n) is 2.13. The molecule has 0 saturated heterocycles. The molecule has 1 fully saturated rings. The molecule has 0 radical (unpaired) electrons. The van der Waals surface area contributed by atoms with Crippen LogP contribution in [0.3, 0.4) is 0 Å². The predicted molar refractivity (Wildman–Crippen MR) is 60.5 cm³/mol. The van der Waals surface area contributed by atoms with Crippen LogP contribution in [0.15, 0.2) is 5.38 Å². The maximum absolute atomic E-state index is 5.80. The van der Waals surface area contributed by atoms with E-state index in [1.807, 2.05) is 6.92 Å². The Hall–Kier alpha value is -0.410. The normalized spacial score (nSPS) is 29.4. The van der Waals surface area contributed by atoms with E-state index in [9.17, 15) is 0 Å². The first kappa shape index (κ1) is 10.1. The van der Waals surface area contributed by atoms with Crippen LogP contribution in [0, 0.1) is 5.92 Å². The summed E-state index contributed by atoms with van der Waals surface area (Å²) in [6.07, 6.45) is 3.98. The summed E-state index contributed by atoms with van der Waals surface area (Å²) in [4.78, 5) is 4.62. The van der Waals surface area contributed by atoms with Crippen molar-refractivity contribution in [2.24, 2.45) is 11.7 Å². The Labute approximate surface area is 89.5 Å². The quantitative estimate of drug-likeness (QED) is 0.814. The van der Waals surface area contributed by atoms with Gasteiger partial charge in [-0.25, -0.2) is 4.98 Å². The Balaban J connectivity index is 2.09. The smallest absolute Gasteiger partial charge is 0.0960 e. The third kappa shape index (κ3) is 1.98. The van der Waals surface area contributed by atoms with Crippen LogP contribution >= 0.6 is 11.3 Å². The number of aromatic nitrogens is 1. The van der Waals surface area contributed by atoms with E-state index in [2.05, 4.69) is 17.3 Å². The van der Waals surface area contributed by atoms with E-state index >= 15 is 0 Å². The van der Waals surface area contributed by atoms with E-state index in [-0.39, 0.29) is 6.04 Å². The molecule has 1 heterocycles. The van der Waals surface area contributed by atoms with E-state index in [1.165, 1.54) is 24.3 Å². The van der Waals surface area contributed by atoms with Gasteiger partial charge in [0.05, 0.1) is 10.7 Å². The zero-order chi connectivity index (χ0) is 10.1. The molecule has 1 aliphatic carbocycles. The second-order valence-corrected chi connectivity index (χ2v) is 5.40. The molecule has 14 heavy (non-hydrogen) atoms. The van der Waals surface area contributed by atoms with Gasteiger partial charge in [-0.15, -0.1) is 11.3 Å². The molecule has 0 bridgehead atoms. The van der Waals surface area contributed by atoms with Gasteiger partial charge < -0.3 is 5.73 Å². The zero-order valence-electron chi connectivity index (χ0n) is 8.86. The number of nitrogens with two attached hydrogens (primary N) is 1. The maximum Gasteiger partial charge on any atom is 0.0960 e. The zero-order valence-corrected chi connectivity index (χ0v) is 9.68. The van der Waals surface area contributed by atoms with Crippen molar-refractivity contribution in [3.8, 4) is 0 Å². The van der Waals surface area contributed by atoms with Gasteiger partial charge in [0.2, 0.25) is 0 Å². The van der Waals surface area contributed by atoms with Crippen LogP contribution in [0.2, 0.25) is 0 Å². The van der Waals surface area contributed by atoms with Crippen LogP contribution in [0.4, 0.5) is 0 Å². The molecule has 0 spiro atoms. The van der Waals surface area contributed by atoms with Crippen molar-refractivity contribution in [1.82, 2.24) is 4.98 Å². The lowest BCUT2D eigenvalue weighted by Crippen LogP contribution is -2.05. The van der Waals surface area contributed by atoms with E-state index in [4.69, 9.17) is 5.73 Å². The van der Waals surface area contributed by atoms with Gasteiger partial charge in [-0.1, -0.05) is 13.3 Å². The van der Waals surface area contributed by atoms with Gasteiger partial charge in [-0.2, -0.15) is 0 Å². The van der Waals surface area contributed by atoms with Crippen molar-refractivity contribution in [3.05, 3.63) is 16.1 Å². The van der Waals surface area contributed by atoms with Crippen LogP contribution in [-0.2, 0) is 0 Å². The minimum Gasteiger partial charge on any atom is -0.323 e. The summed E-state index contributed by atoms with van der Waals surface area (Å²) in [6, 6.07) is 0.0822. The number of nitrogens with zero attached hydrogens (tertiary/aromatic N) is 1. The molecule has 1 aromatic rings. The molecular formula is C11H18N2S. The van der Waals surface area contributed by atoms with Gasteiger partial charge in [0, 0.05) is 17.3 Å². The third-order valence-electron chi connectivity index (χ3n) is 3.05. The summed E-state index contributed by atoms with van der Waals surface area (Å²) in [5.74, 6) is 1.59. The van der Waals surface area contributed by atoms with Crippen molar-refractivity contribution in [2.75, 3.05) is 0 Å². The lowest BCUT2D eigenvalue weighted by atomic mass is 10.1. The average Bonchev–Trinajstić information content (AvgIpc) is 2.70. The SMILES string of the molecule is CC1CCC(c2nc(C(C)N)cs2)C1. The molecule has 0 aromatic carbocycles. The fraction of sp³-hybridized carbons (Fsp3) is 0.727. The highest BCUT2D eigenvalue weighted by molar-refractivity contribution is 7.09. The highest BCUT2D eigenvalue weighted by Crippen LogP contribution is 2.39. The first-order chi connectivity index (χ1) is 6.66. The topological polar surface area (TPSA) is 38.9 Å². The van der Waals surface area contributed by atoms with Crippen molar-refractivity contribution < 1.29 is 0 Å². The first-order valence-electron chi connectivity index (χ1n) is 5.37. The molecule has 2 rings (SSSR count). The molecule has 1 aliphatic rings. The molecule has 3 unspecified atom stereocenters. The Morgan fingerprint density at radius 2 is 2.36 bits per heavy atom. The summed E-state index contributed by atoms with van der Waals surface area (Å²) in [6.45, 7) is 4.33. The third-order valence-corrected chi connectivity index (χ3v) is 4.08. The molecule has 78 valence electrons. The number of rotatable bonds is 2. The van der Waals surface area contributed by atoms with Gasteiger partial charge >= 0.3 is 0 Å². The first-order valence-corrected chi connectivity index (χ1v) is 6.25. The highest BCUT2D eigenvalue weighted by Gasteiger charge is 2.25. The van der Waals surface area contributed by atoms with Crippen LogP contribution in [0.5, 0.6) is 0 Å². The van der Waals surface area contributed by atoms with Gasteiger partial charge in [0.1, 0.15) is 0 Å². The highest BCUT2D eigenvalue weighted by atomic mass is 32.1. The Morgan fingerprint density at radius 3 is 2.86 bits per heavy atom. The minimum atomic E-state index is 0.0822. The molecule has 0 aliphatic heterocycles. The standard InChI is InChI=1S/C11H18N2S/c1-7-3-4-9(5-7)11-13-10(6-14-11)8(2)12/h6-9H,3-5,12H2,1-2H3. The maximum atomic E-state index is 5.80. The molecule has 3 atom stereocenters. The largest absolute Gasteiger partial charge is 0.323 e. The van der Waals surface area contributed by atoms with Crippen LogP contribution in [-0.4, -0.2) is 4.98 Å². The van der Waals surface area contributed by atoms with Crippen molar-refractivity contribution in [2.45, 2.75) is 45.1 Å². The number of thiazole rings is 1.